The van der Waals surface area contributed by atoms with Gasteiger partial charge in [-0.05, 0) is 24.7 Å². The normalized spacial score (nSPS) is 26.1. The van der Waals surface area contributed by atoms with Gasteiger partial charge < -0.3 is 10.2 Å². The average Bonchev–Trinajstić information content (AvgIpc) is 2.74. The van der Waals surface area contributed by atoms with Gasteiger partial charge in [0.2, 0.25) is 0 Å². The molecule has 0 heterocycles. The molecular formula is C16H26O4. The topological polar surface area (TPSA) is 74.6 Å². The minimum Gasteiger partial charge on any atom is -0.481 e. The maximum absolute atomic E-state index is 11.7. The molecule has 0 bridgehead atoms. The number of Topliss-reactive ketones (excluding diaryl/α,β-unsaturated/α-hetero) is 1. The molecule has 1 rings (SSSR count). The number of aliphatic carboxylic acids is 1. The maximum Gasteiger partial charge on any atom is 0.304 e. The van der Waals surface area contributed by atoms with Crippen molar-refractivity contribution < 1.29 is 19.8 Å². The molecule has 2 N–H and O–H groups in total. The van der Waals surface area contributed by atoms with Gasteiger partial charge in [0.05, 0.1) is 12.5 Å². The molecule has 0 spiro atoms. The predicted octanol–water partition coefficient (Wildman–Crippen LogP) is 2.80. The quantitative estimate of drug-likeness (QED) is 0.671. The van der Waals surface area contributed by atoms with Crippen molar-refractivity contribution in [2.24, 2.45) is 17.8 Å². The molecule has 0 aromatic rings. The van der Waals surface area contributed by atoms with E-state index in [9.17, 15) is 14.7 Å². The summed E-state index contributed by atoms with van der Waals surface area (Å²) in [5.41, 5.74) is 0. The van der Waals surface area contributed by atoms with Crippen LogP contribution in [0.4, 0.5) is 0 Å². The number of aliphatic hydroxyl groups excluding tert-OH is 1. The van der Waals surface area contributed by atoms with E-state index in [1.807, 2.05) is 6.08 Å². The van der Waals surface area contributed by atoms with Crippen molar-refractivity contribution in [3.63, 3.8) is 0 Å². The van der Waals surface area contributed by atoms with Gasteiger partial charge in [-0.1, -0.05) is 38.8 Å². The van der Waals surface area contributed by atoms with Gasteiger partial charge in [0.25, 0.3) is 0 Å². The van der Waals surface area contributed by atoms with Crippen LogP contribution in [0.5, 0.6) is 0 Å². The van der Waals surface area contributed by atoms with Crippen molar-refractivity contribution >= 4 is 11.8 Å². The molecule has 1 fully saturated rings. The second kappa shape index (κ2) is 8.20. The van der Waals surface area contributed by atoms with E-state index in [1.165, 1.54) is 0 Å². The Hall–Kier alpha value is -1.16. The second-order valence-electron chi connectivity index (χ2n) is 5.71. The van der Waals surface area contributed by atoms with Crippen molar-refractivity contribution in [1.29, 1.82) is 0 Å². The van der Waals surface area contributed by atoms with Gasteiger partial charge in [0.15, 0.2) is 0 Å². The first-order valence-electron chi connectivity index (χ1n) is 7.60. The maximum atomic E-state index is 11.7. The van der Waals surface area contributed by atoms with Gasteiger partial charge in [-0.25, -0.2) is 0 Å². The van der Waals surface area contributed by atoms with Gasteiger partial charge >= 0.3 is 5.97 Å². The minimum atomic E-state index is -0.929. The molecule has 20 heavy (non-hydrogen) atoms. The molecule has 1 aliphatic rings. The Labute approximate surface area is 120 Å². The third kappa shape index (κ3) is 4.75. The summed E-state index contributed by atoms with van der Waals surface area (Å²) in [4.78, 5) is 22.5. The summed E-state index contributed by atoms with van der Waals surface area (Å²) < 4.78 is 0. The van der Waals surface area contributed by atoms with Gasteiger partial charge in [0.1, 0.15) is 5.78 Å². The van der Waals surface area contributed by atoms with Crippen molar-refractivity contribution in [1.82, 2.24) is 0 Å². The molecule has 4 nitrogen and oxygen atoms in total. The number of rotatable bonds is 8. The summed E-state index contributed by atoms with van der Waals surface area (Å²) in [5, 5.41) is 19.0. The van der Waals surface area contributed by atoms with E-state index >= 15 is 0 Å². The lowest BCUT2D eigenvalue weighted by Crippen LogP contribution is -2.20. The molecule has 4 atom stereocenters. The highest BCUT2D eigenvalue weighted by molar-refractivity contribution is 5.87. The van der Waals surface area contributed by atoms with Crippen molar-refractivity contribution in [3.05, 3.63) is 12.2 Å². The van der Waals surface area contributed by atoms with Crippen LogP contribution in [0.3, 0.4) is 0 Å². The van der Waals surface area contributed by atoms with Crippen LogP contribution in [0.15, 0.2) is 12.2 Å². The molecule has 0 aromatic carbocycles. The monoisotopic (exact) mass is 282 g/mol. The average molecular weight is 282 g/mol. The summed E-state index contributed by atoms with van der Waals surface area (Å²) in [6.45, 7) is 4.15. The molecule has 114 valence electrons. The Bertz CT molecular complexity index is 361. The summed E-state index contributed by atoms with van der Waals surface area (Å²) >= 11 is 0. The molecule has 2 unspecified atom stereocenters. The SMILES string of the molecule is CCCC(CC)C(O)C=C[C@@H]1CCC(=O)[C@H]1CC(=O)O. The van der Waals surface area contributed by atoms with Crippen LogP contribution in [0, 0.1) is 17.8 Å². The zero-order chi connectivity index (χ0) is 15.1. The molecule has 0 aliphatic heterocycles. The number of carboxylic acid groups (broad SMARTS) is 1. The Kier molecular flexibility index (Phi) is 6.93. The van der Waals surface area contributed by atoms with Crippen LogP contribution < -0.4 is 0 Å². The fourth-order valence-electron chi connectivity index (χ4n) is 3.02. The summed E-state index contributed by atoms with van der Waals surface area (Å²) in [7, 11) is 0. The van der Waals surface area contributed by atoms with E-state index < -0.39 is 18.0 Å². The Morgan fingerprint density at radius 2 is 2.15 bits per heavy atom. The first-order chi connectivity index (χ1) is 9.49. The molecule has 4 heteroatoms. The predicted molar refractivity (Wildman–Crippen MR) is 77.3 cm³/mol. The van der Waals surface area contributed by atoms with Gasteiger partial charge in [0, 0.05) is 12.3 Å². The van der Waals surface area contributed by atoms with E-state index in [2.05, 4.69) is 13.8 Å². The number of hydrogen-bond donors (Lipinski definition) is 2. The van der Waals surface area contributed by atoms with Gasteiger partial charge in [-0.15, -0.1) is 0 Å². The molecule has 1 aliphatic carbocycles. The number of carbonyl (C=O) groups excluding carboxylic acids is 1. The third-order valence-corrected chi connectivity index (χ3v) is 4.27. The van der Waals surface area contributed by atoms with E-state index in [0.29, 0.717) is 12.8 Å². The highest BCUT2D eigenvalue weighted by Gasteiger charge is 2.34. The lowest BCUT2D eigenvalue weighted by molar-refractivity contribution is -0.140. The molecule has 0 radical (unpaired) electrons. The fourth-order valence-corrected chi connectivity index (χ4v) is 3.02. The lowest BCUT2D eigenvalue weighted by Gasteiger charge is -2.19. The number of hydrogen-bond acceptors (Lipinski definition) is 3. The minimum absolute atomic E-state index is 0.0348. The van der Waals surface area contributed by atoms with Crippen LogP contribution in [0.1, 0.15) is 52.4 Å². The Morgan fingerprint density at radius 3 is 2.70 bits per heavy atom. The zero-order valence-corrected chi connectivity index (χ0v) is 12.4. The number of allylic oxidation sites excluding steroid dienone is 1. The van der Waals surface area contributed by atoms with E-state index in [1.54, 1.807) is 6.08 Å². The van der Waals surface area contributed by atoms with Crippen LogP contribution in [0.25, 0.3) is 0 Å². The second-order valence-corrected chi connectivity index (χ2v) is 5.71. The van der Waals surface area contributed by atoms with E-state index in [4.69, 9.17) is 5.11 Å². The Balaban J connectivity index is 2.63. The number of carboxylic acids is 1. The summed E-state index contributed by atoms with van der Waals surface area (Å²) in [6.07, 6.45) is 7.11. The smallest absolute Gasteiger partial charge is 0.304 e. The highest BCUT2D eigenvalue weighted by atomic mass is 16.4. The van der Waals surface area contributed by atoms with Crippen molar-refractivity contribution in [3.8, 4) is 0 Å². The van der Waals surface area contributed by atoms with Gasteiger partial charge in [-0.3, -0.25) is 9.59 Å². The fraction of sp³-hybridized carbons (Fsp3) is 0.750. The number of aliphatic hydroxyl groups is 1. The van der Waals surface area contributed by atoms with Crippen LogP contribution in [-0.2, 0) is 9.59 Å². The molecule has 1 saturated carbocycles. The summed E-state index contributed by atoms with van der Waals surface area (Å²) in [5.74, 6) is -1.10. The van der Waals surface area contributed by atoms with Crippen LogP contribution in [-0.4, -0.2) is 28.1 Å². The molecule has 0 amide bonds. The largest absolute Gasteiger partial charge is 0.481 e. The molecular weight excluding hydrogens is 256 g/mol. The van der Waals surface area contributed by atoms with Crippen molar-refractivity contribution in [2.45, 2.75) is 58.5 Å². The standard InChI is InChI=1S/C16H26O4/c1-3-5-11(4-2)14(17)8-6-12-7-9-15(18)13(12)10-16(19)20/h6,8,11-14,17H,3-5,7,9-10H2,1-2H3,(H,19,20)/t11?,12-,13+,14?/m1/s1. The number of carbonyl (C=O) groups is 2. The third-order valence-electron chi connectivity index (χ3n) is 4.27. The highest BCUT2D eigenvalue weighted by Crippen LogP contribution is 2.32. The molecule has 0 saturated heterocycles. The van der Waals surface area contributed by atoms with Crippen molar-refractivity contribution in [2.75, 3.05) is 0 Å². The first-order valence-corrected chi connectivity index (χ1v) is 7.60. The zero-order valence-electron chi connectivity index (χ0n) is 12.4. The first kappa shape index (κ1) is 16.9. The lowest BCUT2D eigenvalue weighted by atomic mass is 9.89. The number of ketones is 1. The Morgan fingerprint density at radius 1 is 1.45 bits per heavy atom. The van der Waals surface area contributed by atoms with Crippen LogP contribution in [0.2, 0.25) is 0 Å². The molecule has 0 aromatic heterocycles. The van der Waals surface area contributed by atoms with E-state index in [-0.39, 0.29) is 24.0 Å². The van der Waals surface area contributed by atoms with E-state index in [0.717, 1.165) is 19.3 Å². The van der Waals surface area contributed by atoms with Crippen LogP contribution >= 0.6 is 0 Å². The summed E-state index contributed by atoms with van der Waals surface area (Å²) in [6, 6.07) is 0. The van der Waals surface area contributed by atoms with Gasteiger partial charge in [-0.2, -0.15) is 0 Å².